The first kappa shape index (κ1) is 12.3. The molecule has 0 aliphatic rings. The van der Waals surface area contributed by atoms with Crippen LogP contribution in [0.15, 0.2) is 29.9 Å². The van der Waals surface area contributed by atoms with Crippen LogP contribution in [0.4, 0.5) is 0 Å². The minimum Gasteiger partial charge on any atom is -0.347 e. The fourth-order valence-electron chi connectivity index (χ4n) is 1.29. The molecule has 0 atom stereocenters. The molecule has 2 aromatic heterocycles. The van der Waals surface area contributed by atoms with Gasteiger partial charge >= 0.3 is 0 Å². The molecule has 0 aromatic carbocycles. The zero-order valence-electron chi connectivity index (χ0n) is 9.47. The second-order valence-corrected chi connectivity index (χ2v) is 4.42. The Morgan fingerprint density at radius 2 is 2.28 bits per heavy atom. The van der Waals surface area contributed by atoms with Crippen LogP contribution in [0, 0.1) is 0 Å². The van der Waals surface area contributed by atoms with Crippen molar-refractivity contribution in [3.05, 3.63) is 40.6 Å². The van der Waals surface area contributed by atoms with Crippen LogP contribution in [0.3, 0.4) is 0 Å². The third-order valence-corrected chi connectivity index (χ3v) is 3.03. The lowest BCUT2D eigenvalue weighted by molar-refractivity contribution is -0.120. The van der Waals surface area contributed by atoms with Gasteiger partial charge in [-0.25, -0.2) is 4.98 Å². The molecule has 94 valence electrons. The van der Waals surface area contributed by atoms with Gasteiger partial charge in [-0.2, -0.15) is 0 Å². The number of aromatic amines is 1. The van der Waals surface area contributed by atoms with Crippen molar-refractivity contribution in [2.24, 2.45) is 0 Å². The smallest absolute Gasteiger partial charge is 0.261 e. The maximum Gasteiger partial charge on any atom is 0.261 e. The number of nitrogens with zero attached hydrogens (tertiary/aromatic N) is 1. The summed E-state index contributed by atoms with van der Waals surface area (Å²) in [5.74, 6) is 0.183. The van der Waals surface area contributed by atoms with Gasteiger partial charge < -0.3 is 15.6 Å². The lowest BCUT2D eigenvalue weighted by atomic mass is 10.4. The number of thiophene rings is 1. The van der Waals surface area contributed by atoms with Crippen molar-refractivity contribution in [1.82, 2.24) is 20.6 Å². The minimum absolute atomic E-state index is 0.0442. The highest BCUT2D eigenvalue weighted by Crippen LogP contribution is 2.07. The molecule has 0 saturated heterocycles. The Morgan fingerprint density at radius 3 is 2.94 bits per heavy atom. The molecule has 0 aliphatic heterocycles. The molecule has 0 saturated carbocycles. The molecule has 2 amide bonds. The molecule has 18 heavy (non-hydrogen) atoms. The quantitative estimate of drug-likeness (QED) is 0.735. The van der Waals surface area contributed by atoms with E-state index in [-0.39, 0.29) is 18.4 Å². The maximum absolute atomic E-state index is 11.5. The van der Waals surface area contributed by atoms with E-state index in [1.165, 1.54) is 11.3 Å². The van der Waals surface area contributed by atoms with E-state index in [9.17, 15) is 9.59 Å². The normalized spacial score (nSPS) is 10.0. The number of aromatic nitrogens is 2. The molecule has 0 unspecified atom stereocenters. The Balaban J connectivity index is 1.70. The Kier molecular flexibility index (Phi) is 4.08. The van der Waals surface area contributed by atoms with E-state index in [2.05, 4.69) is 20.6 Å². The standard InChI is InChI=1S/C11H12N4O2S/c16-10(14-6-9-12-3-4-13-9)7-15-11(17)8-2-1-5-18-8/h1-5H,6-7H2,(H,12,13)(H,14,16)(H,15,17). The minimum atomic E-state index is -0.253. The van der Waals surface area contributed by atoms with Gasteiger partial charge in [0.15, 0.2) is 0 Å². The van der Waals surface area contributed by atoms with E-state index in [0.29, 0.717) is 17.2 Å². The number of hydrogen-bond acceptors (Lipinski definition) is 4. The fourth-order valence-corrected chi connectivity index (χ4v) is 1.93. The van der Waals surface area contributed by atoms with Gasteiger partial charge in [-0.05, 0) is 11.4 Å². The number of rotatable bonds is 5. The zero-order valence-corrected chi connectivity index (χ0v) is 10.3. The monoisotopic (exact) mass is 264 g/mol. The van der Waals surface area contributed by atoms with Crippen molar-refractivity contribution in [3.8, 4) is 0 Å². The molecule has 0 aliphatic carbocycles. The summed E-state index contributed by atoms with van der Waals surface area (Å²) < 4.78 is 0. The number of amides is 2. The van der Waals surface area contributed by atoms with Crippen molar-refractivity contribution in [3.63, 3.8) is 0 Å². The highest BCUT2D eigenvalue weighted by molar-refractivity contribution is 7.12. The van der Waals surface area contributed by atoms with E-state index < -0.39 is 0 Å². The van der Waals surface area contributed by atoms with E-state index >= 15 is 0 Å². The van der Waals surface area contributed by atoms with E-state index in [1.807, 2.05) is 5.38 Å². The van der Waals surface area contributed by atoms with Gasteiger partial charge in [-0.3, -0.25) is 9.59 Å². The first-order chi connectivity index (χ1) is 8.75. The van der Waals surface area contributed by atoms with Gasteiger partial charge in [0.25, 0.3) is 5.91 Å². The molecule has 0 bridgehead atoms. The van der Waals surface area contributed by atoms with Gasteiger partial charge in [0.2, 0.25) is 5.91 Å². The van der Waals surface area contributed by atoms with Crippen molar-refractivity contribution in [2.75, 3.05) is 6.54 Å². The summed E-state index contributed by atoms with van der Waals surface area (Å²) >= 11 is 1.34. The van der Waals surface area contributed by atoms with Gasteiger partial charge in [-0.15, -0.1) is 11.3 Å². The van der Waals surface area contributed by atoms with Crippen molar-refractivity contribution < 1.29 is 9.59 Å². The molecule has 3 N–H and O–H groups in total. The van der Waals surface area contributed by atoms with Gasteiger partial charge in [0.1, 0.15) is 5.82 Å². The highest BCUT2D eigenvalue weighted by Gasteiger charge is 2.08. The van der Waals surface area contributed by atoms with E-state index in [1.54, 1.807) is 24.5 Å². The average molecular weight is 264 g/mol. The molecule has 2 aromatic rings. The van der Waals surface area contributed by atoms with Gasteiger partial charge in [0.05, 0.1) is 18.0 Å². The molecule has 0 spiro atoms. The first-order valence-corrected chi connectivity index (χ1v) is 6.20. The first-order valence-electron chi connectivity index (χ1n) is 5.32. The Labute approximate surface area is 107 Å². The molecule has 2 rings (SSSR count). The number of nitrogens with one attached hydrogen (secondary N) is 3. The topological polar surface area (TPSA) is 86.9 Å². The SMILES string of the molecule is O=C(CNC(=O)c1cccs1)NCc1ncc[nH]1. The molecule has 6 nitrogen and oxygen atoms in total. The Bertz CT molecular complexity index is 507. The lowest BCUT2D eigenvalue weighted by Gasteiger charge is -2.04. The molecule has 2 heterocycles. The summed E-state index contributed by atoms with van der Waals surface area (Å²) in [7, 11) is 0. The lowest BCUT2D eigenvalue weighted by Crippen LogP contribution is -2.36. The van der Waals surface area contributed by atoms with Crippen LogP contribution in [-0.2, 0) is 11.3 Å². The predicted octanol–water partition coefficient (Wildman–Crippen LogP) is 0.517. The molecule has 7 heteroatoms. The molecule has 0 fully saturated rings. The maximum atomic E-state index is 11.5. The van der Waals surface area contributed by atoms with Gasteiger partial charge in [-0.1, -0.05) is 6.07 Å². The Hall–Kier alpha value is -2.15. The molecular formula is C11H12N4O2S. The van der Waals surface area contributed by atoms with Gasteiger partial charge in [0, 0.05) is 12.4 Å². The van der Waals surface area contributed by atoms with E-state index in [4.69, 9.17) is 0 Å². The van der Waals surface area contributed by atoms with Crippen molar-refractivity contribution in [1.29, 1.82) is 0 Å². The summed E-state index contributed by atoms with van der Waals surface area (Å²) in [4.78, 5) is 30.4. The predicted molar refractivity (Wildman–Crippen MR) is 67.1 cm³/mol. The number of imidazole rings is 1. The average Bonchev–Trinajstić information content (AvgIpc) is 3.05. The number of hydrogen-bond donors (Lipinski definition) is 3. The fraction of sp³-hybridized carbons (Fsp3) is 0.182. The van der Waals surface area contributed by atoms with Crippen LogP contribution in [-0.4, -0.2) is 28.3 Å². The second kappa shape index (κ2) is 5.97. The third kappa shape index (κ3) is 3.42. The van der Waals surface area contributed by atoms with Crippen LogP contribution in [0.1, 0.15) is 15.5 Å². The third-order valence-electron chi connectivity index (χ3n) is 2.16. The van der Waals surface area contributed by atoms with Crippen LogP contribution in [0.5, 0.6) is 0 Å². The molecule has 0 radical (unpaired) electrons. The Morgan fingerprint density at radius 1 is 1.39 bits per heavy atom. The van der Waals surface area contributed by atoms with Crippen LogP contribution < -0.4 is 10.6 Å². The van der Waals surface area contributed by atoms with Crippen LogP contribution in [0.25, 0.3) is 0 Å². The summed E-state index contributed by atoms with van der Waals surface area (Å²) in [6, 6.07) is 3.50. The number of carbonyl (C=O) groups excluding carboxylic acids is 2. The van der Waals surface area contributed by atoms with Crippen molar-refractivity contribution in [2.45, 2.75) is 6.54 Å². The summed E-state index contributed by atoms with van der Waals surface area (Å²) in [5, 5.41) is 7.00. The molecular weight excluding hydrogens is 252 g/mol. The summed E-state index contributed by atoms with van der Waals surface area (Å²) in [6.45, 7) is 0.276. The van der Waals surface area contributed by atoms with Crippen molar-refractivity contribution >= 4 is 23.2 Å². The highest BCUT2D eigenvalue weighted by atomic mass is 32.1. The second-order valence-electron chi connectivity index (χ2n) is 3.47. The van der Waals surface area contributed by atoms with Crippen LogP contribution >= 0.6 is 11.3 Å². The van der Waals surface area contributed by atoms with Crippen LogP contribution in [0.2, 0.25) is 0 Å². The van der Waals surface area contributed by atoms with E-state index in [0.717, 1.165) is 0 Å². The zero-order chi connectivity index (χ0) is 12.8. The summed E-state index contributed by atoms with van der Waals surface area (Å²) in [6.07, 6.45) is 3.29. The number of carbonyl (C=O) groups is 2. The summed E-state index contributed by atoms with van der Waals surface area (Å²) in [5.41, 5.74) is 0. The number of H-pyrrole nitrogens is 1. The largest absolute Gasteiger partial charge is 0.347 e.